The van der Waals surface area contributed by atoms with Crippen molar-refractivity contribution in [3.8, 4) is 5.75 Å². The second-order valence-corrected chi connectivity index (χ2v) is 6.83. The van der Waals surface area contributed by atoms with Gasteiger partial charge in [0.15, 0.2) is 0 Å². The Hall–Kier alpha value is -2.39. The van der Waals surface area contributed by atoms with Gasteiger partial charge in [0.25, 0.3) is 5.09 Å². The number of carbonyl (C=O) groups excluding carboxylic acids is 1. The number of anilines is 1. The van der Waals surface area contributed by atoms with Crippen LogP contribution in [0.2, 0.25) is 0 Å². The van der Waals surface area contributed by atoms with Crippen LogP contribution in [0, 0.1) is 10.1 Å². The Morgan fingerprint density at radius 2 is 1.96 bits per heavy atom. The van der Waals surface area contributed by atoms with E-state index in [1.54, 1.807) is 24.3 Å². The lowest BCUT2D eigenvalue weighted by molar-refractivity contribution is -0.757. The van der Waals surface area contributed by atoms with Crippen molar-refractivity contribution in [3.63, 3.8) is 0 Å². The Morgan fingerprint density at radius 3 is 2.54 bits per heavy atom. The van der Waals surface area contributed by atoms with E-state index in [1.165, 1.54) is 0 Å². The number of amides is 1. The number of hydrogen-bond donors (Lipinski definition) is 3. The van der Waals surface area contributed by atoms with Crippen molar-refractivity contribution in [2.24, 2.45) is 0 Å². The number of aliphatic hydroxyl groups is 1. The van der Waals surface area contributed by atoms with Gasteiger partial charge in [0.1, 0.15) is 18.5 Å². The quantitative estimate of drug-likeness (QED) is 0.308. The van der Waals surface area contributed by atoms with Gasteiger partial charge in [0, 0.05) is 24.2 Å². The maximum atomic E-state index is 11.7. The van der Waals surface area contributed by atoms with Gasteiger partial charge in [-0.15, -0.1) is 10.1 Å². The Labute approximate surface area is 152 Å². The number of aliphatic hydroxyl groups excluding tert-OH is 1. The normalized spacial score (nSPS) is 12.3. The van der Waals surface area contributed by atoms with E-state index in [0.29, 0.717) is 18.0 Å². The van der Waals surface area contributed by atoms with Crippen LogP contribution in [-0.4, -0.2) is 47.5 Å². The van der Waals surface area contributed by atoms with Gasteiger partial charge in [-0.05, 0) is 51.5 Å². The lowest BCUT2D eigenvalue weighted by atomic mass is 10.1. The fourth-order valence-corrected chi connectivity index (χ4v) is 1.91. The zero-order chi connectivity index (χ0) is 19.6. The first-order chi connectivity index (χ1) is 12.2. The third-order valence-electron chi connectivity index (χ3n) is 3.19. The van der Waals surface area contributed by atoms with Crippen molar-refractivity contribution in [1.29, 1.82) is 0 Å². The Morgan fingerprint density at radius 1 is 1.31 bits per heavy atom. The third-order valence-corrected chi connectivity index (χ3v) is 3.19. The summed E-state index contributed by atoms with van der Waals surface area (Å²) in [5.74, 6) is 0.325. The fraction of sp³-hybridized carbons (Fsp3) is 0.588. The standard InChI is InChI=1S/C17H27N3O6/c1-17(2,3)18-11-14(21)12-25-15-8-6-13(7-9-15)19-16(22)5-4-10-26-20(23)24/h6-9,14,18,21H,4-5,10-12H2,1-3H3,(H,19,22). The van der Waals surface area contributed by atoms with Crippen LogP contribution in [0.25, 0.3) is 0 Å². The second kappa shape index (κ2) is 10.6. The second-order valence-electron chi connectivity index (χ2n) is 6.83. The molecule has 1 unspecified atom stereocenters. The molecule has 0 saturated carbocycles. The molecule has 0 aliphatic rings. The highest BCUT2D eigenvalue weighted by atomic mass is 16.9. The molecule has 26 heavy (non-hydrogen) atoms. The zero-order valence-electron chi connectivity index (χ0n) is 15.4. The first-order valence-electron chi connectivity index (χ1n) is 8.39. The van der Waals surface area contributed by atoms with E-state index in [-0.39, 0.29) is 37.5 Å². The number of hydrogen-bond acceptors (Lipinski definition) is 7. The maximum absolute atomic E-state index is 11.7. The van der Waals surface area contributed by atoms with E-state index in [1.807, 2.05) is 20.8 Å². The smallest absolute Gasteiger partial charge is 0.294 e. The van der Waals surface area contributed by atoms with Gasteiger partial charge in [-0.2, -0.15) is 0 Å². The lowest BCUT2D eigenvalue weighted by Gasteiger charge is -2.23. The van der Waals surface area contributed by atoms with Crippen molar-refractivity contribution in [3.05, 3.63) is 34.4 Å². The number of nitrogens with zero attached hydrogens (tertiary/aromatic N) is 1. The van der Waals surface area contributed by atoms with E-state index in [9.17, 15) is 20.0 Å². The van der Waals surface area contributed by atoms with Crippen molar-refractivity contribution >= 4 is 11.6 Å². The molecule has 0 heterocycles. The molecule has 0 aliphatic carbocycles. The highest BCUT2D eigenvalue weighted by Gasteiger charge is 2.12. The molecule has 0 spiro atoms. The van der Waals surface area contributed by atoms with E-state index in [4.69, 9.17) is 4.74 Å². The van der Waals surface area contributed by atoms with Gasteiger partial charge in [-0.3, -0.25) is 4.79 Å². The van der Waals surface area contributed by atoms with E-state index < -0.39 is 11.2 Å². The molecule has 0 aliphatic heterocycles. The molecular weight excluding hydrogens is 342 g/mol. The molecule has 0 fully saturated rings. The topological polar surface area (TPSA) is 123 Å². The van der Waals surface area contributed by atoms with Crippen LogP contribution < -0.4 is 15.4 Å². The van der Waals surface area contributed by atoms with Crippen LogP contribution in [0.3, 0.4) is 0 Å². The molecule has 0 bridgehead atoms. The summed E-state index contributed by atoms with van der Waals surface area (Å²) in [4.78, 5) is 25.8. The summed E-state index contributed by atoms with van der Waals surface area (Å²) in [7, 11) is 0. The van der Waals surface area contributed by atoms with Gasteiger partial charge in [-0.25, -0.2) is 0 Å². The summed E-state index contributed by atoms with van der Waals surface area (Å²) in [6.07, 6.45) is -0.247. The lowest BCUT2D eigenvalue weighted by Crippen LogP contribution is -2.42. The average molecular weight is 369 g/mol. The Balaban J connectivity index is 2.30. The van der Waals surface area contributed by atoms with E-state index >= 15 is 0 Å². The van der Waals surface area contributed by atoms with Crippen LogP contribution in [-0.2, 0) is 9.63 Å². The predicted octanol–water partition coefficient (Wildman–Crippen LogP) is 1.74. The molecule has 1 aromatic rings. The highest BCUT2D eigenvalue weighted by Crippen LogP contribution is 2.16. The predicted molar refractivity (Wildman–Crippen MR) is 96.5 cm³/mol. The first kappa shape index (κ1) is 21.7. The number of β-amino-alcohol motifs (C(OH)–C–C–N with tert-alkyl or cyclic N) is 1. The molecule has 1 aromatic carbocycles. The van der Waals surface area contributed by atoms with E-state index in [2.05, 4.69) is 15.5 Å². The SMILES string of the molecule is CC(C)(C)NCC(O)COc1ccc(NC(=O)CCCO[N+](=O)[O-])cc1. The minimum Gasteiger partial charge on any atom is -0.491 e. The van der Waals surface area contributed by atoms with Crippen LogP contribution in [0.15, 0.2) is 24.3 Å². The molecule has 1 rings (SSSR count). The molecule has 9 nitrogen and oxygen atoms in total. The summed E-state index contributed by atoms with van der Waals surface area (Å²) in [6, 6.07) is 6.74. The van der Waals surface area contributed by atoms with Crippen molar-refractivity contribution < 1.29 is 24.6 Å². The molecule has 1 amide bonds. The maximum Gasteiger partial charge on any atom is 0.294 e. The minimum absolute atomic E-state index is 0.0731. The van der Waals surface area contributed by atoms with Crippen molar-refractivity contribution in [2.45, 2.75) is 45.3 Å². The zero-order valence-corrected chi connectivity index (χ0v) is 15.4. The van der Waals surface area contributed by atoms with E-state index in [0.717, 1.165) is 0 Å². The number of rotatable bonds is 11. The molecule has 3 N–H and O–H groups in total. The Kier molecular flexibility index (Phi) is 8.80. The molecule has 0 radical (unpaired) electrons. The monoisotopic (exact) mass is 369 g/mol. The summed E-state index contributed by atoms with van der Waals surface area (Å²) < 4.78 is 5.51. The third kappa shape index (κ3) is 10.5. The summed E-state index contributed by atoms with van der Waals surface area (Å²) in [5.41, 5.74) is 0.517. The first-order valence-corrected chi connectivity index (χ1v) is 8.39. The molecule has 0 saturated heterocycles. The van der Waals surface area contributed by atoms with Crippen LogP contribution in [0.4, 0.5) is 5.69 Å². The summed E-state index contributed by atoms with van der Waals surface area (Å²) in [5, 5.41) is 24.9. The number of benzene rings is 1. The highest BCUT2D eigenvalue weighted by molar-refractivity contribution is 5.90. The van der Waals surface area contributed by atoms with Gasteiger partial charge in [-0.1, -0.05) is 0 Å². The summed E-state index contributed by atoms with van der Waals surface area (Å²) >= 11 is 0. The van der Waals surface area contributed by atoms with Crippen LogP contribution >= 0.6 is 0 Å². The average Bonchev–Trinajstić information content (AvgIpc) is 2.55. The van der Waals surface area contributed by atoms with Gasteiger partial charge >= 0.3 is 0 Å². The minimum atomic E-state index is -0.882. The molecule has 1 atom stereocenters. The summed E-state index contributed by atoms with van der Waals surface area (Å²) in [6.45, 7) is 6.53. The van der Waals surface area contributed by atoms with Gasteiger partial charge < -0.3 is 25.3 Å². The van der Waals surface area contributed by atoms with Crippen LogP contribution in [0.1, 0.15) is 33.6 Å². The fourth-order valence-electron chi connectivity index (χ4n) is 1.91. The van der Waals surface area contributed by atoms with Crippen molar-refractivity contribution in [2.75, 3.05) is 25.1 Å². The number of carbonyl (C=O) groups is 1. The number of ether oxygens (including phenoxy) is 1. The van der Waals surface area contributed by atoms with Gasteiger partial charge in [0.2, 0.25) is 5.91 Å². The molecular formula is C17H27N3O6. The van der Waals surface area contributed by atoms with Crippen LogP contribution in [0.5, 0.6) is 5.75 Å². The number of nitrogens with one attached hydrogen (secondary N) is 2. The Bertz CT molecular complexity index is 571. The van der Waals surface area contributed by atoms with Gasteiger partial charge in [0.05, 0.1) is 6.61 Å². The van der Waals surface area contributed by atoms with Crippen molar-refractivity contribution in [1.82, 2.24) is 5.32 Å². The largest absolute Gasteiger partial charge is 0.491 e. The molecule has 9 heteroatoms. The molecule has 146 valence electrons. The molecule has 0 aromatic heterocycles.